The fourth-order valence-corrected chi connectivity index (χ4v) is 1.30. The van der Waals surface area contributed by atoms with Crippen molar-refractivity contribution in [2.75, 3.05) is 13.2 Å². The molecule has 1 aliphatic heterocycles. The number of carbonyl (C=O) groups is 1. The van der Waals surface area contributed by atoms with Gasteiger partial charge in [0.05, 0.1) is 6.61 Å². The van der Waals surface area contributed by atoms with E-state index in [1.54, 1.807) is 0 Å². The van der Waals surface area contributed by atoms with Crippen LogP contribution in [-0.2, 0) is 9.53 Å². The van der Waals surface area contributed by atoms with Gasteiger partial charge in [-0.3, -0.25) is 4.79 Å². The minimum atomic E-state index is 0.280. The summed E-state index contributed by atoms with van der Waals surface area (Å²) in [5.74, 6) is 0.669. The van der Waals surface area contributed by atoms with E-state index >= 15 is 0 Å². The van der Waals surface area contributed by atoms with Gasteiger partial charge in [0, 0.05) is 18.9 Å². The molecule has 0 amide bonds. The van der Waals surface area contributed by atoms with Gasteiger partial charge in [-0.05, 0) is 12.8 Å². The van der Waals surface area contributed by atoms with Crippen LogP contribution in [0.2, 0.25) is 0 Å². The van der Waals surface area contributed by atoms with E-state index in [1.165, 1.54) is 0 Å². The first-order valence-electron chi connectivity index (χ1n) is 3.95. The van der Waals surface area contributed by atoms with E-state index in [0.717, 1.165) is 19.4 Å². The zero-order valence-corrected chi connectivity index (χ0v) is 6.43. The van der Waals surface area contributed by atoms with Crippen molar-refractivity contribution in [3.05, 3.63) is 0 Å². The third-order valence-electron chi connectivity index (χ3n) is 2.05. The van der Waals surface area contributed by atoms with E-state index in [9.17, 15) is 4.79 Å². The van der Waals surface area contributed by atoms with Gasteiger partial charge in [0.2, 0.25) is 0 Å². The molecule has 1 fully saturated rings. The molecule has 0 spiro atoms. The number of carbonyl (C=O) groups excluding carboxylic acids is 1. The lowest BCUT2D eigenvalue weighted by Crippen LogP contribution is -2.12. The first kappa shape index (κ1) is 7.73. The second-order valence-corrected chi connectivity index (χ2v) is 2.72. The molecule has 1 aliphatic rings. The Morgan fingerprint density at radius 3 is 3.10 bits per heavy atom. The van der Waals surface area contributed by atoms with Crippen molar-refractivity contribution in [2.45, 2.75) is 26.2 Å². The van der Waals surface area contributed by atoms with Crippen molar-refractivity contribution in [1.82, 2.24) is 0 Å². The van der Waals surface area contributed by atoms with Crippen molar-refractivity contribution in [3.8, 4) is 0 Å². The lowest BCUT2D eigenvalue weighted by Gasteiger charge is -2.06. The highest BCUT2D eigenvalue weighted by atomic mass is 16.5. The first-order chi connectivity index (χ1) is 4.84. The third-order valence-corrected chi connectivity index (χ3v) is 2.05. The maximum absolute atomic E-state index is 11.2. The minimum Gasteiger partial charge on any atom is -0.381 e. The Morgan fingerprint density at radius 2 is 2.40 bits per heavy atom. The number of ether oxygens (including phenoxy) is 1. The van der Waals surface area contributed by atoms with Gasteiger partial charge < -0.3 is 4.74 Å². The normalized spacial score (nSPS) is 28.1. The van der Waals surface area contributed by atoms with Crippen molar-refractivity contribution in [1.29, 1.82) is 0 Å². The predicted octanol–water partition coefficient (Wildman–Crippen LogP) is 1.39. The molecule has 2 nitrogen and oxygen atoms in total. The largest absolute Gasteiger partial charge is 0.381 e. The van der Waals surface area contributed by atoms with Gasteiger partial charge in [-0.2, -0.15) is 0 Å². The summed E-state index contributed by atoms with van der Waals surface area (Å²) in [7, 11) is 0. The molecule has 1 heterocycles. The molecule has 10 heavy (non-hydrogen) atoms. The molecule has 0 radical (unpaired) electrons. The highest BCUT2D eigenvalue weighted by molar-refractivity contribution is 5.81. The second kappa shape index (κ2) is 3.71. The summed E-state index contributed by atoms with van der Waals surface area (Å²) in [4.78, 5) is 11.2. The average molecular weight is 142 g/mol. The molecule has 1 rings (SSSR count). The lowest BCUT2D eigenvalue weighted by atomic mass is 9.97. The van der Waals surface area contributed by atoms with E-state index < -0.39 is 0 Å². The Bertz CT molecular complexity index is 120. The van der Waals surface area contributed by atoms with Gasteiger partial charge >= 0.3 is 0 Å². The highest BCUT2D eigenvalue weighted by Crippen LogP contribution is 2.14. The quantitative estimate of drug-likeness (QED) is 0.553. The van der Waals surface area contributed by atoms with Crippen LogP contribution < -0.4 is 0 Å². The van der Waals surface area contributed by atoms with Gasteiger partial charge in [0.25, 0.3) is 0 Å². The first-order valence-corrected chi connectivity index (χ1v) is 3.95. The highest BCUT2D eigenvalue weighted by Gasteiger charge is 2.18. The van der Waals surface area contributed by atoms with E-state index in [2.05, 4.69) is 6.92 Å². The van der Waals surface area contributed by atoms with Crippen molar-refractivity contribution in [3.63, 3.8) is 0 Å². The molecule has 0 bridgehead atoms. The predicted molar refractivity (Wildman–Crippen MR) is 38.8 cm³/mol. The summed E-state index contributed by atoms with van der Waals surface area (Å²) in [6.45, 7) is 3.47. The van der Waals surface area contributed by atoms with Gasteiger partial charge in [-0.25, -0.2) is 0 Å². The van der Waals surface area contributed by atoms with Crippen molar-refractivity contribution >= 4 is 5.78 Å². The number of ketones is 1. The van der Waals surface area contributed by atoms with E-state index in [4.69, 9.17) is 4.74 Å². The molecule has 0 aliphatic carbocycles. The van der Waals surface area contributed by atoms with Crippen LogP contribution in [0.15, 0.2) is 0 Å². The number of rotatable bonds is 1. The summed E-state index contributed by atoms with van der Waals surface area (Å²) in [5.41, 5.74) is 0. The number of hydrogen-bond donors (Lipinski definition) is 0. The van der Waals surface area contributed by atoms with Crippen LogP contribution in [0.5, 0.6) is 0 Å². The molecule has 58 valence electrons. The van der Waals surface area contributed by atoms with Crippen LogP contribution in [0.4, 0.5) is 0 Å². The SMILES string of the molecule is CCC1CCOCCC1=O. The Hall–Kier alpha value is -0.370. The summed E-state index contributed by atoms with van der Waals surface area (Å²) < 4.78 is 5.18. The Labute approximate surface area is 61.6 Å². The second-order valence-electron chi connectivity index (χ2n) is 2.72. The number of hydrogen-bond acceptors (Lipinski definition) is 2. The van der Waals surface area contributed by atoms with Crippen LogP contribution in [0.3, 0.4) is 0 Å². The molecule has 0 aromatic rings. The topological polar surface area (TPSA) is 26.3 Å². The van der Waals surface area contributed by atoms with Crippen LogP contribution >= 0.6 is 0 Å². The molecule has 1 saturated heterocycles. The average Bonchev–Trinajstić information content (AvgIpc) is 2.13. The molecule has 1 unspecified atom stereocenters. The third kappa shape index (κ3) is 1.81. The van der Waals surface area contributed by atoms with Crippen molar-refractivity contribution < 1.29 is 9.53 Å². The van der Waals surface area contributed by atoms with E-state index in [0.29, 0.717) is 18.8 Å². The van der Waals surface area contributed by atoms with Gasteiger partial charge in [-0.15, -0.1) is 0 Å². The fourth-order valence-electron chi connectivity index (χ4n) is 1.30. The minimum absolute atomic E-state index is 0.280. The molecular formula is C8H14O2. The summed E-state index contributed by atoms with van der Waals surface area (Å²) >= 11 is 0. The van der Waals surface area contributed by atoms with Gasteiger partial charge in [0.15, 0.2) is 0 Å². The molecule has 0 saturated carbocycles. The van der Waals surface area contributed by atoms with E-state index in [-0.39, 0.29) is 5.92 Å². The van der Waals surface area contributed by atoms with Gasteiger partial charge in [0.1, 0.15) is 5.78 Å². The Kier molecular flexibility index (Phi) is 2.87. The number of Topliss-reactive ketones (excluding diaryl/α,β-unsaturated/α-hetero) is 1. The van der Waals surface area contributed by atoms with Crippen LogP contribution in [0.1, 0.15) is 26.2 Å². The van der Waals surface area contributed by atoms with Crippen molar-refractivity contribution in [2.24, 2.45) is 5.92 Å². The summed E-state index contributed by atoms with van der Waals surface area (Å²) in [6, 6.07) is 0. The summed E-state index contributed by atoms with van der Waals surface area (Å²) in [6.07, 6.45) is 2.52. The van der Waals surface area contributed by atoms with E-state index in [1.807, 2.05) is 0 Å². The monoisotopic (exact) mass is 142 g/mol. The smallest absolute Gasteiger partial charge is 0.138 e. The molecule has 1 atom stereocenters. The zero-order chi connectivity index (χ0) is 7.40. The van der Waals surface area contributed by atoms with Crippen LogP contribution in [-0.4, -0.2) is 19.0 Å². The lowest BCUT2D eigenvalue weighted by molar-refractivity contribution is -0.122. The standard InChI is InChI=1S/C8H14O2/c1-2-7-3-5-10-6-4-8(7)9/h7H,2-6H2,1H3. The maximum atomic E-state index is 11.2. The molecule has 0 aromatic heterocycles. The van der Waals surface area contributed by atoms with Crippen LogP contribution in [0, 0.1) is 5.92 Å². The molecule has 0 N–H and O–H groups in total. The maximum Gasteiger partial charge on any atom is 0.138 e. The van der Waals surface area contributed by atoms with Gasteiger partial charge in [-0.1, -0.05) is 6.92 Å². The van der Waals surface area contributed by atoms with Crippen LogP contribution in [0.25, 0.3) is 0 Å². The Balaban J connectivity index is 2.43. The zero-order valence-electron chi connectivity index (χ0n) is 6.43. The Morgan fingerprint density at radius 1 is 1.60 bits per heavy atom. The molecule has 0 aromatic carbocycles. The fraction of sp³-hybridized carbons (Fsp3) is 0.875. The summed E-state index contributed by atoms with van der Waals surface area (Å²) in [5, 5.41) is 0. The molecular weight excluding hydrogens is 128 g/mol. The molecule has 2 heteroatoms.